The summed E-state index contributed by atoms with van der Waals surface area (Å²) in [5, 5.41) is 0.636. The van der Waals surface area contributed by atoms with Gasteiger partial charge in [0, 0.05) is 6.20 Å². The Morgan fingerprint density at radius 2 is 2.00 bits per heavy atom. The second-order valence-corrected chi connectivity index (χ2v) is 6.05. The number of carbonyl (C=O) groups excluding carboxylic acids is 2. The van der Waals surface area contributed by atoms with Crippen molar-refractivity contribution in [2.24, 2.45) is 4.99 Å². The highest BCUT2D eigenvalue weighted by molar-refractivity contribution is 8.15. The lowest BCUT2D eigenvalue weighted by Crippen LogP contribution is -2.21. The van der Waals surface area contributed by atoms with Crippen LogP contribution in [0.2, 0.25) is 0 Å². The van der Waals surface area contributed by atoms with Gasteiger partial charge in [0.2, 0.25) is 5.78 Å². The van der Waals surface area contributed by atoms with Gasteiger partial charge in [-0.15, -0.1) is 12.4 Å². The van der Waals surface area contributed by atoms with Gasteiger partial charge in [-0.25, -0.2) is 9.79 Å². The predicted molar refractivity (Wildman–Crippen MR) is 95.8 cm³/mol. The molecule has 1 aromatic rings. The molecule has 1 atom stereocenters. The highest BCUT2D eigenvalue weighted by atomic mass is 35.5. The molecule has 5 nitrogen and oxygen atoms in total. The van der Waals surface area contributed by atoms with Gasteiger partial charge in [-0.3, -0.25) is 4.79 Å². The maximum Gasteiger partial charge on any atom is 0.343 e. The van der Waals surface area contributed by atoms with E-state index in [4.69, 9.17) is 9.47 Å². The summed E-state index contributed by atoms with van der Waals surface area (Å²) in [5.74, 6) is -0.169. The van der Waals surface area contributed by atoms with Gasteiger partial charge in [-0.1, -0.05) is 30.0 Å². The van der Waals surface area contributed by atoms with E-state index in [1.165, 1.54) is 18.0 Å². The van der Waals surface area contributed by atoms with E-state index >= 15 is 0 Å². The number of fused-ring (bicyclic) bond motifs is 1. The monoisotopic (exact) mass is 365 g/mol. The molecule has 1 aromatic carbocycles. The van der Waals surface area contributed by atoms with Crippen LogP contribution in [0.1, 0.15) is 17.7 Å². The molecule has 0 fully saturated rings. The molecule has 0 bridgehead atoms. The topological polar surface area (TPSA) is 65.0 Å². The summed E-state index contributed by atoms with van der Waals surface area (Å²) in [6.07, 6.45) is 3.15. The van der Waals surface area contributed by atoms with Crippen molar-refractivity contribution in [2.45, 2.75) is 12.2 Å². The van der Waals surface area contributed by atoms with E-state index in [2.05, 4.69) is 4.99 Å². The number of Topliss-reactive ketones (excluding diaryl/α,β-unsaturated/α-hetero) is 1. The molecule has 0 saturated carbocycles. The maximum atomic E-state index is 12.4. The molecule has 0 amide bonds. The van der Waals surface area contributed by atoms with E-state index in [1.807, 2.05) is 30.3 Å². The van der Waals surface area contributed by atoms with E-state index in [9.17, 15) is 9.59 Å². The first-order valence-corrected chi connectivity index (χ1v) is 8.04. The fourth-order valence-corrected chi connectivity index (χ4v) is 3.49. The Hall–Kier alpha value is -2.05. The minimum Gasteiger partial charge on any atom is -0.497 e. The summed E-state index contributed by atoms with van der Waals surface area (Å²) in [5.41, 5.74) is 1.50. The van der Waals surface area contributed by atoms with Gasteiger partial charge in [-0.2, -0.15) is 0 Å². The molecule has 3 rings (SSSR count). The summed E-state index contributed by atoms with van der Waals surface area (Å²) in [6.45, 7) is 1.92. The molecule has 126 valence electrons. The van der Waals surface area contributed by atoms with Crippen LogP contribution in [0.5, 0.6) is 5.75 Å². The lowest BCUT2D eigenvalue weighted by atomic mass is 10.0. The molecule has 0 aromatic heterocycles. The van der Waals surface area contributed by atoms with E-state index in [0.29, 0.717) is 10.6 Å². The molecule has 0 aliphatic carbocycles. The Bertz CT molecular complexity index is 752. The first kappa shape index (κ1) is 18.3. The van der Waals surface area contributed by atoms with E-state index in [1.54, 1.807) is 14.0 Å². The van der Waals surface area contributed by atoms with Crippen LogP contribution in [0.3, 0.4) is 0 Å². The second kappa shape index (κ2) is 7.68. The van der Waals surface area contributed by atoms with Crippen LogP contribution in [0.4, 0.5) is 0 Å². The fourth-order valence-electron chi connectivity index (χ4n) is 2.35. The minimum absolute atomic E-state index is 0. The van der Waals surface area contributed by atoms with Gasteiger partial charge in [0.25, 0.3) is 0 Å². The molecular formula is C17H16ClNO4S. The number of carbonyl (C=O) groups is 2. The van der Waals surface area contributed by atoms with Crippen LogP contribution >= 0.6 is 24.2 Å². The molecule has 0 spiro atoms. The maximum absolute atomic E-state index is 12.4. The summed E-state index contributed by atoms with van der Waals surface area (Å²) in [7, 11) is 1.62. The van der Waals surface area contributed by atoms with Gasteiger partial charge in [0.1, 0.15) is 16.4 Å². The highest BCUT2D eigenvalue weighted by Gasteiger charge is 2.35. The van der Waals surface area contributed by atoms with Crippen LogP contribution in [0.25, 0.3) is 0 Å². The number of thioether (sulfide) groups is 1. The number of esters is 1. The Morgan fingerprint density at radius 3 is 2.62 bits per heavy atom. The summed E-state index contributed by atoms with van der Waals surface area (Å²) in [4.78, 5) is 28.5. The van der Waals surface area contributed by atoms with Crippen LogP contribution in [0.15, 0.2) is 52.7 Å². The largest absolute Gasteiger partial charge is 0.497 e. The van der Waals surface area contributed by atoms with Crippen molar-refractivity contribution in [1.82, 2.24) is 0 Å². The summed E-state index contributed by atoms with van der Waals surface area (Å²) < 4.78 is 10.0. The minimum atomic E-state index is -0.626. The van der Waals surface area contributed by atoms with Crippen molar-refractivity contribution in [3.63, 3.8) is 0 Å². The summed E-state index contributed by atoms with van der Waals surface area (Å²) in [6, 6.07) is 7.66. The fraction of sp³-hybridized carbons (Fsp3) is 0.235. The quantitative estimate of drug-likeness (QED) is 0.605. The van der Waals surface area contributed by atoms with Crippen LogP contribution in [-0.2, 0) is 14.3 Å². The standard InChI is InChI=1S/C17H15NO4S.ClH/c1-3-22-17(20)13-9-18-16-12(15(13)19)8-14(23-16)10-4-6-11(21-2)7-5-10;/h4-9,14H,3H2,1-2H3;1H. The molecule has 7 heteroatoms. The first-order valence-electron chi connectivity index (χ1n) is 7.16. The highest BCUT2D eigenvalue weighted by Crippen LogP contribution is 2.42. The normalized spacial score (nSPS) is 18.7. The molecule has 2 aliphatic heterocycles. The number of hydrogen-bond acceptors (Lipinski definition) is 6. The molecule has 24 heavy (non-hydrogen) atoms. The predicted octanol–water partition coefficient (Wildman–Crippen LogP) is 3.26. The Kier molecular flexibility index (Phi) is 5.85. The Morgan fingerprint density at radius 1 is 1.29 bits per heavy atom. The zero-order valence-electron chi connectivity index (χ0n) is 13.1. The zero-order chi connectivity index (χ0) is 16.4. The number of ether oxygens (including phenoxy) is 2. The van der Waals surface area contributed by atoms with Gasteiger partial charge in [0.15, 0.2) is 0 Å². The van der Waals surface area contributed by atoms with E-state index in [0.717, 1.165) is 11.3 Å². The number of aliphatic imine (C=N–C) groups is 1. The third-order valence-electron chi connectivity index (χ3n) is 3.53. The van der Waals surface area contributed by atoms with Crippen molar-refractivity contribution in [3.05, 3.63) is 53.3 Å². The number of hydrogen-bond donors (Lipinski definition) is 0. The van der Waals surface area contributed by atoms with Crippen LogP contribution in [-0.4, -0.2) is 30.5 Å². The molecule has 0 N–H and O–H groups in total. The van der Waals surface area contributed by atoms with Crippen molar-refractivity contribution >= 4 is 41.0 Å². The molecule has 2 aliphatic rings. The van der Waals surface area contributed by atoms with Crippen molar-refractivity contribution in [1.29, 1.82) is 0 Å². The third-order valence-corrected chi connectivity index (χ3v) is 4.74. The van der Waals surface area contributed by atoms with Gasteiger partial charge < -0.3 is 9.47 Å². The zero-order valence-corrected chi connectivity index (χ0v) is 14.8. The van der Waals surface area contributed by atoms with Crippen LogP contribution < -0.4 is 4.74 Å². The van der Waals surface area contributed by atoms with Crippen molar-refractivity contribution < 1.29 is 19.1 Å². The Balaban J connectivity index is 0.00000208. The van der Waals surface area contributed by atoms with Crippen molar-refractivity contribution in [3.8, 4) is 5.75 Å². The van der Waals surface area contributed by atoms with Gasteiger partial charge in [-0.05, 0) is 24.6 Å². The molecular weight excluding hydrogens is 350 g/mol. The van der Waals surface area contributed by atoms with Crippen molar-refractivity contribution in [2.75, 3.05) is 13.7 Å². The first-order chi connectivity index (χ1) is 11.1. The number of rotatable bonds is 4. The Labute approximate surface area is 150 Å². The smallest absolute Gasteiger partial charge is 0.343 e. The molecule has 2 heterocycles. The lowest BCUT2D eigenvalue weighted by Gasteiger charge is -2.10. The number of benzene rings is 1. The third kappa shape index (κ3) is 3.39. The number of ketones is 1. The van der Waals surface area contributed by atoms with Gasteiger partial charge in [0.05, 0.1) is 24.5 Å². The lowest BCUT2D eigenvalue weighted by molar-refractivity contribution is -0.139. The van der Waals surface area contributed by atoms with Crippen LogP contribution in [0, 0.1) is 0 Å². The molecule has 0 radical (unpaired) electrons. The average Bonchev–Trinajstić information content (AvgIpc) is 3.00. The van der Waals surface area contributed by atoms with E-state index in [-0.39, 0.29) is 35.6 Å². The average molecular weight is 366 g/mol. The van der Waals surface area contributed by atoms with Gasteiger partial charge >= 0.3 is 5.97 Å². The molecule has 0 saturated heterocycles. The SMILES string of the molecule is CCOC(=O)C1=CN=C2SC(c3ccc(OC)cc3)C=C2C1=O.Cl. The molecule has 1 unspecified atom stereocenters. The summed E-state index contributed by atoms with van der Waals surface area (Å²) >= 11 is 1.49. The number of methoxy groups -OCH3 is 1. The number of halogens is 1. The van der Waals surface area contributed by atoms with E-state index < -0.39 is 5.97 Å². The number of nitrogens with zero attached hydrogens (tertiary/aromatic N) is 1. The second-order valence-electron chi connectivity index (χ2n) is 4.92.